The van der Waals surface area contributed by atoms with Crippen molar-refractivity contribution in [3.8, 4) is 0 Å². The maximum Gasteiger partial charge on any atom is 0.268 e. The van der Waals surface area contributed by atoms with E-state index in [1.54, 1.807) is 6.08 Å². The van der Waals surface area contributed by atoms with Gasteiger partial charge in [-0.1, -0.05) is 237 Å². The molecule has 0 rings (SSSR count). The summed E-state index contributed by atoms with van der Waals surface area (Å²) in [5, 5.41) is 13.8. The monoisotopic (exact) mass is 1060 g/mol. The van der Waals surface area contributed by atoms with Crippen molar-refractivity contribution in [2.75, 3.05) is 40.9 Å². The number of carbonyl (C=O) groups is 1. The highest BCUT2D eigenvalue weighted by molar-refractivity contribution is 7.45. The average Bonchev–Trinajstić information content (AvgIpc) is 3.37. The van der Waals surface area contributed by atoms with E-state index in [2.05, 4.69) is 153 Å². The largest absolute Gasteiger partial charge is 0.756 e. The molecule has 0 saturated heterocycles. The van der Waals surface area contributed by atoms with Gasteiger partial charge in [0.25, 0.3) is 7.82 Å². The molecule has 0 saturated carbocycles. The van der Waals surface area contributed by atoms with Crippen LogP contribution in [0.4, 0.5) is 0 Å². The van der Waals surface area contributed by atoms with Crippen LogP contribution in [0, 0.1) is 0 Å². The van der Waals surface area contributed by atoms with E-state index in [0.717, 1.165) is 116 Å². The van der Waals surface area contributed by atoms with E-state index in [1.807, 2.05) is 27.2 Å². The zero-order chi connectivity index (χ0) is 54.9. The lowest BCUT2D eigenvalue weighted by Crippen LogP contribution is -2.45. The van der Waals surface area contributed by atoms with Gasteiger partial charge in [0.05, 0.1) is 39.9 Å². The molecule has 9 heteroatoms. The van der Waals surface area contributed by atoms with Crippen molar-refractivity contribution in [1.29, 1.82) is 0 Å². The number of hydrogen-bond donors (Lipinski definition) is 2. The molecular formula is C66H111N2O6P. The lowest BCUT2D eigenvalue weighted by atomic mass is 10.0. The molecule has 3 atom stereocenters. The van der Waals surface area contributed by atoms with Gasteiger partial charge in [-0.05, 0) is 116 Å². The van der Waals surface area contributed by atoms with Crippen LogP contribution in [0.3, 0.4) is 0 Å². The van der Waals surface area contributed by atoms with Crippen LogP contribution in [0.5, 0.6) is 0 Å². The Bertz CT molecular complexity index is 1720. The van der Waals surface area contributed by atoms with Crippen LogP contribution in [-0.4, -0.2) is 68.5 Å². The number of hydrogen-bond acceptors (Lipinski definition) is 6. The lowest BCUT2D eigenvalue weighted by Gasteiger charge is -2.29. The van der Waals surface area contributed by atoms with Crippen LogP contribution < -0.4 is 10.2 Å². The van der Waals surface area contributed by atoms with Crippen molar-refractivity contribution in [2.24, 2.45) is 0 Å². The molecule has 426 valence electrons. The van der Waals surface area contributed by atoms with E-state index in [9.17, 15) is 19.4 Å². The van der Waals surface area contributed by atoms with E-state index in [0.29, 0.717) is 17.4 Å². The van der Waals surface area contributed by atoms with Crippen LogP contribution in [-0.2, 0) is 18.4 Å². The van der Waals surface area contributed by atoms with Gasteiger partial charge in [-0.15, -0.1) is 0 Å². The first kappa shape index (κ1) is 71.4. The summed E-state index contributed by atoms with van der Waals surface area (Å²) >= 11 is 0. The molecule has 0 aliphatic heterocycles. The second-order valence-corrected chi connectivity index (χ2v) is 22.0. The number of quaternary nitrogens is 1. The molecule has 0 heterocycles. The molecular weight excluding hydrogens is 948 g/mol. The fourth-order valence-electron chi connectivity index (χ4n) is 7.65. The highest BCUT2D eigenvalue weighted by atomic mass is 31.2. The van der Waals surface area contributed by atoms with E-state index >= 15 is 0 Å². The molecule has 8 nitrogen and oxygen atoms in total. The van der Waals surface area contributed by atoms with Gasteiger partial charge in [0.15, 0.2) is 0 Å². The van der Waals surface area contributed by atoms with Crippen molar-refractivity contribution in [2.45, 2.75) is 225 Å². The van der Waals surface area contributed by atoms with Gasteiger partial charge in [-0.2, -0.15) is 0 Å². The van der Waals surface area contributed by atoms with Gasteiger partial charge in [0, 0.05) is 6.42 Å². The van der Waals surface area contributed by atoms with E-state index in [-0.39, 0.29) is 12.5 Å². The van der Waals surface area contributed by atoms with Crippen LogP contribution in [0.2, 0.25) is 0 Å². The predicted molar refractivity (Wildman–Crippen MR) is 325 cm³/mol. The molecule has 0 spiro atoms. The van der Waals surface area contributed by atoms with Gasteiger partial charge >= 0.3 is 0 Å². The number of allylic oxidation sites excluding steroid dienone is 23. The van der Waals surface area contributed by atoms with Gasteiger partial charge in [-0.25, -0.2) is 0 Å². The number of phosphoric ester groups is 1. The number of aliphatic hydroxyl groups excluding tert-OH is 1. The summed E-state index contributed by atoms with van der Waals surface area (Å²) in [5.74, 6) is -0.222. The lowest BCUT2D eigenvalue weighted by molar-refractivity contribution is -0.870. The zero-order valence-corrected chi connectivity index (χ0v) is 49.3. The first-order chi connectivity index (χ1) is 36.5. The van der Waals surface area contributed by atoms with Gasteiger partial charge in [0.1, 0.15) is 13.2 Å². The minimum Gasteiger partial charge on any atom is -0.756 e. The third-order valence-corrected chi connectivity index (χ3v) is 13.2. The topological polar surface area (TPSA) is 108 Å². The average molecular weight is 1060 g/mol. The summed E-state index contributed by atoms with van der Waals surface area (Å²) in [7, 11) is 1.21. The maximum absolute atomic E-state index is 12.9. The minimum absolute atomic E-state index is 0.0164. The van der Waals surface area contributed by atoms with Crippen molar-refractivity contribution < 1.29 is 32.9 Å². The maximum atomic E-state index is 12.9. The van der Waals surface area contributed by atoms with Crippen LogP contribution in [0.1, 0.15) is 213 Å². The third kappa shape index (κ3) is 57.9. The summed E-state index contributed by atoms with van der Waals surface area (Å²) in [6, 6.07) is -0.920. The summed E-state index contributed by atoms with van der Waals surface area (Å²) in [5.41, 5.74) is 0. The second-order valence-electron chi connectivity index (χ2n) is 20.6. The normalized spacial score (nSPS) is 14.9. The van der Waals surface area contributed by atoms with Crippen LogP contribution >= 0.6 is 7.82 Å². The van der Waals surface area contributed by atoms with Crippen molar-refractivity contribution in [1.82, 2.24) is 5.32 Å². The quantitative estimate of drug-likeness (QED) is 0.0272. The Balaban J connectivity index is 4.13. The molecule has 0 aromatic heterocycles. The number of likely N-dealkylation sites (N-methyl/N-ethyl adjacent to an activating group) is 1. The Morgan fingerprint density at radius 3 is 1.24 bits per heavy atom. The van der Waals surface area contributed by atoms with Crippen molar-refractivity contribution in [3.63, 3.8) is 0 Å². The smallest absolute Gasteiger partial charge is 0.268 e. The Kier molecular flexibility index (Phi) is 52.5. The Morgan fingerprint density at radius 2 is 0.827 bits per heavy atom. The van der Waals surface area contributed by atoms with Crippen LogP contribution in [0.15, 0.2) is 146 Å². The van der Waals surface area contributed by atoms with Crippen LogP contribution in [0.25, 0.3) is 0 Å². The number of amides is 1. The molecule has 0 aromatic rings. The number of carbonyl (C=O) groups excluding carboxylic acids is 1. The third-order valence-electron chi connectivity index (χ3n) is 12.3. The molecule has 0 aliphatic carbocycles. The van der Waals surface area contributed by atoms with Crippen molar-refractivity contribution in [3.05, 3.63) is 146 Å². The molecule has 0 bridgehead atoms. The fourth-order valence-corrected chi connectivity index (χ4v) is 8.37. The summed E-state index contributed by atoms with van der Waals surface area (Å²) in [4.78, 5) is 25.5. The van der Waals surface area contributed by atoms with E-state index < -0.39 is 26.6 Å². The highest BCUT2D eigenvalue weighted by Gasteiger charge is 2.23. The SMILES string of the molecule is CC/C=C\C/C=C\C/C=C\C/C=C\C/C=C\C/C=C\C/C=C\C/C=C\C/C=C\CCCCCCCCCCCCCC(=O)NC(COP(=O)([O-])OCC[N+](C)(C)C)C(O)/C=C/CC/C=C/CC/C=C/CCCCCC. The summed E-state index contributed by atoms with van der Waals surface area (Å²) in [6.45, 7) is 4.46. The van der Waals surface area contributed by atoms with Gasteiger partial charge < -0.3 is 28.8 Å². The van der Waals surface area contributed by atoms with Gasteiger partial charge in [-0.3, -0.25) is 9.36 Å². The Morgan fingerprint density at radius 1 is 0.480 bits per heavy atom. The number of nitrogens with zero attached hydrogens (tertiary/aromatic N) is 1. The van der Waals surface area contributed by atoms with E-state index in [4.69, 9.17) is 9.05 Å². The Hall–Kier alpha value is -3.62. The van der Waals surface area contributed by atoms with Crippen molar-refractivity contribution >= 4 is 13.7 Å². The molecule has 1 amide bonds. The number of nitrogens with one attached hydrogen (secondary N) is 1. The van der Waals surface area contributed by atoms with Gasteiger partial charge in [0.2, 0.25) is 5.91 Å². The number of rotatable bonds is 52. The second kappa shape index (κ2) is 55.1. The van der Waals surface area contributed by atoms with E-state index in [1.165, 1.54) is 77.0 Å². The standard InChI is InChI=1S/C66H111N2O6P/c1-6-8-10-12-14-16-18-20-22-23-24-25-26-27-28-29-30-31-32-33-34-35-36-37-38-39-40-41-42-43-44-45-46-48-50-52-54-56-58-60-66(70)67-64(63-74-75(71,72)73-62-61-68(3,4)5)65(69)59-57-55-53-51-49-47-21-19-17-15-13-11-9-7-2/h8,10,14,16-17,19-20,22,24-25,27-28,30-31,33-34,36-37,39-40,49,51,57,59,64-65,69H,6-7,9,11-13,15,18,21,23,26,29,32,35,38,41-48,50,52-56,58,60-63H2,1-5H3,(H-,67,70,71,72)/b10-8-,16-14-,19-17+,22-20-,25-24-,28-27-,31-30-,34-33-,37-36-,40-39-,51-49+,59-57+. The number of phosphoric acid groups is 1. The predicted octanol–water partition coefficient (Wildman–Crippen LogP) is 17.8. The molecule has 0 aliphatic rings. The molecule has 3 unspecified atom stereocenters. The first-order valence-corrected chi connectivity index (χ1v) is 31.2. The molecule has 0 radical (unpaired) electrons. The number of aliphatic hydroxyl groups is 1. The minimum atomic E-state index is -4.62. The fraction of sp³-hybridized carbons (Fsp3) is 0.621. The molecule has 0 fully saturated rings. The molecule has 0 aromatic carbocycles. The first-order valence-electron chi connectivity index (χ1n) is 29.7. The summed E-state index contributed by atoms with van der Waals surface area (Å²) in [6.07, 6.45) is 85.1. The molecule has 2 N–H and O–H groups in total. The summed E-state index contributed by atoms with van der Waals surface area (Å²) < 4.78 is 23.3. The Labute approximate surface area is 461 Å². The molecule has 75 heavy (non-hydrogen) atoms. The number of unbranched alkanes of at least 4 members (excludes halogenated alkanes) is 17. The highest BCUT2D eigenvalue weighted by Crippen LogP contribution is 2.38. The zero-order valence-electron chi connectivity index (χ0n) is 48.4.